The number of hydrogen-bond donors (Lipinski definition) is 0. The van der Waals surface area contributed by atoms with Crippen LogP contribution in [0.2, 0.25) is 0 Å². The van der Waals surface area contributed by atoms with Crippen LogP contribution < -0.4 is 0 Å². The number of rotatable bonds is 4. The van der Waals surface area contributed by atoms with Gasteiger partial charge in [0, 0.05) is 16.7 Å². The summed E-state index contributed by atoms with van der Waals surface area (Å²) in [6.45, 7) is 2.11. The third kappa shape index (κ3) is 3.91. The number of aryl methyl sites for hydroxylation is 1. The summed E-state index contributed by atoms with van der Waals surface area (Å²) >= 11 is 0. The van der Waals surface area contributed by atoms with Gasteiger partial charge in [0.05, 0.1) is 11.4 Å². The molecule has 5 aromatic rings. The summed E-state index contributed by atoms with van der Waals surface area (Å²) in [5, 5.41) is 0. The molecule has 1 heteroatoms. The SMILES string of the molecule is Cc1ccc(-c2cc(-c3ccccc3)c(-c3ccccc3)c(-c3ccccc3)n2)cc1. The molecule has 1 aromatic heterocycles. The van der Waals surface area contributed by atoms with Crippen molar-refractivity contribution in [3.05, 3.63) is 127 Å². The Labute approximate surface area is 183 Å². The average molecular weight is 398 g/mol. The van der Waals surface area contributed by atoms with Crippen LogP contribution in [0.4, 0.5) is 0 Å². The van der Waals surface area contributed by atoms with E-state index in [2.05, 4.69) is 122 Å². The van der Waals surface area contributed by atoms with E-state index in [1.54, 1.807) is 0 Å². The van der Waals surface area contributed by atoms with Gasteiger partial charge in [-0.3, -0.25) is 0 Å². The second-order valence-electron chi connectivity index (χ2n) is 7.74. The normalized spacial score (nSPS) is 10.7. The minimum absolute atomic E-state index is 0.984. The molecular formula is C30H23N. The summed E-state index contributed by atoms with van der Waals surface area (Å²) < 4.78 is 0. The van der Waals surface area contributed by atoms with Crippen molar-refractivity contribution in [2.45, 2.75) is 6.92 Å². The van der Waals surface area contributed by atoms with Crippen LogP contribution in [0.15, 0.2) is 121 Å². The van der Waals surface area contributed by atoms with E-state index >= 15 is 0 Å². The molecule has 0 aliphatic rings. The second-order valence-corrected chi connectivity index (χ2v) is 7.74. The van der Waals surface area contributed by atoms with E-state index in [1.165, 1.54) is 22.3 Å². The zero-order valence-corrected chi connectivity index (χ0v) is 17.5. The van der Waals surface area contributed by atoms with Gasteiger partial charge in [-0.2, -0.15) is 0 Å². The van der Waals surface area contributed by atoms with Crippen molar-refractivity contribution in [2.24, 2.45) is 0 Å². The van der Waals surface area contributed by atoms with Crippen LogP contribution in [0.3, 0.4) is 0 Å². The Morgan fingerprint density at radius 3 is 1.58 bits per heavy atom. The lowest BCUT2D eigenvalue weighted by Crippen LogP contribution is -1.97. The largest absolute Gasteiger partial charge is 0.247 e. The zero-order valence-electron chi connectivity index (χ0n) is 17.5. The maximum atomic E-state index is 5.21. The van der Waals surface area contributed by atoms with E-state index in [-0.39, 0.29) is 0 Å². The summed E-state index contributed by atoms with van der Waals surface area (Å²) in [4.78, 5) is 5.21. The van der Waals surface area contributed by atoms with Gasteiger partial charge < -0.3 is 0 Å². The van der Waals surface area contributed by atoms with Crippen LogP contribution in [0.25, 0.3) is 44.8 Å². The lowest BCUT2D eigenvalue weighted by molar-refractivity contribution is 1.32. The predicted octanol–water partition coefficient (Wildman–Crippen LogP) is 8.06. The summed E-state index contributed by atoms with van der Waals surface area (Å²) in [5.74, 6) is 0. The van der Waals surface area contributed by atoms with Crippen molar-refractivity contribution in [3.8, 4) is 44.8 Å². The van der Waals surface area contributed by atoms with E-state index < -0.39 is 0 Å². The molecule has 4 aromatic carbocycles. The van der Waals surface area contributed by atoms with Gasteiger partial charge in [-0.15, -0.1) is 0 Å². The lowest BCUT2D eigenvalue weighted by Gasteiger charge is -2.18. The monoisotopic (exact) mass is 397 g/mol. The molecule has 0 saturated carbocycles. The lowest BCUT2D eigenvalue weighted by atomic mass is 9.89. The average Bonchev–Trinajstić information content (AvgIpc) is 2.85. The van der Waals surface area contributed by atoms with Gasteiger partial charge in [-0.1, -0.05) is 121 Å². The van der Waals surface area contributed by atoms with Crippen molar-refractivity contribution in [2.75, 3.05) is 0 Å². The first-order chi connectivity index (χ1) is 15.3. The number of hydrogen-bond acceptors (Lipinski definition) is 1. The fourth-order valence-corrected chi connectivity index (χ4v) is 3.96. The van der Waals surface area contributed by atoms with Crippen LogP contribution in [0.1, 0.15) is 5.56 Å². The molecule has 0 amide bonds. The van der Waals surface area contributed by atoms with Gasteiger partial charge in [0.2, 0.25) is 0 Å². The molecule has 0 unspecified atom stereocenters. The molecule has 0 N–H and O–H groups in total. The van der Waals surface area contributed by atoms with Crippen LogP contribution in [-0.4, -0.2) is 4.98 Å². The highest BCUT2D eigenvalue weighted by Gasteiger charge is 2.18. The fourth-order valence-electron chi connectivity index (χ4n) is 3.96. The van der Waals surface area contributed by atoms with Crippen LogP contribution in [0.5, 0.6) is 0 Å². The van der Waals surface area contributed by atoms with Gasteiger partial charge in [0.25, 0.3) is 0 Å². The fraction of sp³-hybridized carbons (Fsp3) is 0.0333. The Morgan fingerprint density at radius 2 is 1.00 bits per heavy atom. The number of pyridine rings is 1. The highest BCUT2D eigenvalue weighted by Crippen LogP contribution is 2.41. The van der Waals surface area contributed by atoms with E-state index in [9.17, 15) is 0 Å². The Hall–Kier alpha value is -3.97. The first-order valence-electron chi connectivity index (χ1n) is 10.6. The minimum atomic E-state index is 0.984. The molecule has 0 aliphatic heterocycles. The van der Waals surface area contributed by atoms with E-state index in [0.29, 0.717) is 0 Å². The molecule has 0 aliphatic carbocycles. The number of nitrogens with zero attached hydrogens (tertiary/aromatic N) is 1. The standard InChI is InChI=1S/C30H23N/c1-22-17-19-24(20-18-22)28-21-27(23-11-5-2-6-12-23)29(25-13-7-3-8-14-25)30(31-28)26-15-9-4-10-16-26/h2-21H,1H3. The molecule has 31 heavy (non-hydrogen) atoms. The maximum Gasteiger partial charge on any atom is 0.0794 e. The summed E-state index contributed by atoms with van der Waals surface area (Å²) in [5.41, 5.74) is 10.2. The Kier molecular flexibility index (Phi) is 5.16. The van der Waals surface area contributed by atoms with Gasteiger partial charge in [-0.25, -0.2) is 4.98 Å². The first-order valence-corrected chi connectivity index (χ1v) is 10.6. The van der Waals surface area contributed by atoms with Crippen molar-refractivity contribution in [1.29, 1.82) is 0 Å². The maximum absolute atomic E-state index is 5.21. The van der Waals surface area contributed by atoms with E-state index in [4.69, 9.17) is 4.98 Å². The minimum Gasteiger partial charge on any atom is -0.247 e. The van der Waals surface area contributed by atoms with Gasteiger partial charge in [-0.05, 0) is 29.7 Å². The molecular weight excluding hydrogens is 374 g/mol. The highest BCUT2D eigenvalue weighted by molar-refractivity contribution is 5.94. The zero-order chi connectivity index (χ0) is 21.0. The molecule has 0 saturated heterocycles. The third-order valence-electron chi connectivity index (χ3n) is 5.56. The van der Waals surface area contributed by atoms with E-state index in [0.717, 1.165) is 28.1 Å². The summed E-state index contributed by atoms with van der Waals surface area (Å²) in [6, 6.07) is 42.5. The molecule has 0 spiro atoms. The van der Waals surface area contributed by atoms with Gasteiger partial charge >= 0.3 is 0 Å². The first kappa shape index (κ1) is 19.0. The smallest absolute Gasteiger partial charge is 0.0794 e. The quantitative estimate of drug-likeness (QED) is 0.299. The second kappa shape index (κ2) is 8.41. The van der Waals surface area contributed by atoms with Crippen molar-refractivity contribution in [1.82, 2.24) is 4.98 Å². The molecule has 0 fully saturated rings. The number of aromatic nitrogens is 1. The van der Waals surface area contributed by atoms with Crippen molar-refractivity contribution >= 4 is 0 Å². The number of benzene rings is 4. The van der Waals surface area contributed by atoms with Gasteiger partial charge in [0.15, 0.2) is 0 Å². The van der Waals surface area contributed by atoms with Crippen LogP contribution in [0, 0.1) is 6.92 Å². The predicted molar refractivity (Wildman–Crippen MR) is 131 cm³/mol. The summed E-state index contributed by atoms with van der Waals surface area (Å²) in [6.07, 6.45) is 0. The molecule has 0 atom stereocenters. The van der Waals surface area contributed by atoms with E-state index in [1.807, 2.05) is 6.07 Å². The topological polar surface area (TPSA) is 12.9 Å². The molecule has 1 nitrogen and oxygen atoms in total. The highest BCUT2D eigenvalue weighted by atomic mass is 14.7. The van der Waals surface area contributed by atoms with Gasteiger partial charge in [0.1, 0.15) is 0 Å². The van der Waals surface area contributed by atoms with Crippen molar-refractivity contribution in [3.63, 3.8) is 0 Å². The summed E-state index contributed by atoms with van der Waals surface area (Å²) in [7, 11) is 0. The molecule has 0 bridgehead atoms. The Morgan fingerprint density at radius 1 is 0.484 bits per heavy atom. The Balaban J connectivity index is 1.86. The van der Waals surface area contributed by atoms with Crippen LogP contribution >= 0.6 is 0 Å². The third-order valence-corrected chi connectivity index (χ3v) is 5.56. The van der Waals surface area contributed by atoms with Crippen LogP contribution in [-0.2, 0) is 0 Å². The molecule has 0 radical (unpaired) electrons. The van der Waals surface area contributed by atoms with Crippen molar-refractivity contribution < 1.29 is 0 Å². The molecule has 5 rings (SSSR count). The Bertz CT molecular complexity index is 1230. The molecule has 1 heterocycles. The molecule has 148 valence electrons.